The average Bonchev–Trinajstić information content (AvgIpc) is 3.02. The minimum Gasteiger partial charge on any atom is -0.462 e. The van der Waals surface area contributed by atoms with Gasteiger partial charge in [-0.2, -0.15) is 0 Å². The topological polar surface area (TPSA) is 72.8 Å². The van der Waals surface area contributed by atoms with Gasteiger partial charge in [-0.3, -0.25) is 9.59 Å². The SMILES string of the molecule is CC/C=C/C/C=C/C/C=C/C/C=C/CCCCC(=O)O[C@@H](CO)COC(=O)CCCCCCCCCCCCCCCCC. The standard InChI is InChI=1S/C39H68O5/c1-3-5-7-9-11-13-15-17-19-21-23-25-27-29-31-33-38(41)43-36-37(35-40)44-39(42)34-32-30-28-26-24-22-20-18-16-14-12-10-8-6-4-2/h6,8,12,14,18,20,24,26,37,40H,3-5,7,9-11,13,15-17,19,21-23,25,27-36H2,1-2H3/b8-6+,14-12+,20-18+,26-24+/t37-/m0/s1. The van der Waals surface area contributed by atoms with Gasteiger partial charge < -0.3 is 14.6 Å². The third-order valence-electron chi connectivity index (χ3n) is 7.64. The van der Waals surface area contributed by atoms with Crippen molar-refractivity contribution < 1.29 is 24.2 Å². The highest BCUT2D eigenvalue weighted by Crippen LogP contribution is 2.14. The molecule has 0 aliphatic rings. The summed E-state index contributed by atoms with van der Waals surface area (Å²) in [7, 11) is 0. The molecule has 0 amide bonds. The summed E-state index contributed by atoms with van der Waals surface area (Å²) in [5.74, 6) is -0.639. The Kier molecular flexibility index (Phi) is 33.6. The molecular formula is C39H68O5. The monoisotopic (exact) mass is 617 g/mol. The number of unbranched alkanes of at least 4 members (excludes halogenated alkanes) is 16. The van der Waals surface area contributed by atoms with Crippen molar-refractivity contribution in [2.75, 3.05) is 13.2 Å². The minimum atomic E-state index is -0.790. The Balaban J connectivity index is 3.64. The molecule has 0 fully saturated rings. The summed E-state index contributed by atoms with van der Waals surface area (Å²) >= 11 is 0. The van der Waals surface area contributed by atoms with E-state index in [9.17, 15) is 14.7 Å². The van der Waals surface area contributed by atoms with E-state index < -0.39 is 6.10 Å². The lowest BCUT2D eigenvalue weighted by Gasteiger charge is -2.15. The quantitative estimate of drug-likeness (QED) is 0.0462. The third-order valence-corrected chi connectivity index (χ3v) is 7.64. The van der Waals surface area contributed by atoms with E-state index in [1.165, 1.54) is 77.0 Å². The van der Waals surface area contributed by atoms with Gasteiger partial charge in [-0.25, -0.2) is 0 Å². The lowest BCUT2D eigenvalue weighted by molar-refractivity contribution is -0.161. The summed E-state index contributed by atoms with van der Waals surface area (Å²) in [5, 5.41) is 9.52. The molecule has 5 heteroatoms. The Morgan fingerprint density at radius 3 is 1.48 bits per heavy atom. The van der Waals surface area contributed by atoms with Gasteiger partial charge in [0, 0.05) is 12.8 Å². The molecule has 44 heavy (non-hydrogen) atoms. The van der Waals surface area contributed by atoms with Gasteiger partial charge in [0.15, 0.2) is 6.10 Å². The van der Waals surface area contributed by atoms with Gasteiger partial charge in [0.25, 0.3) is 0 Å². The molecule has 1 N–H and O–H groups in total. The molecule has 0 aliphatic carbocycles. The van der Waals surface area contributed by atoms with Crippen molar-refractivity contribution in [1.82, 2.24) is 0 Å². The number of hydrogen-bond acceptors (Lipinski definition) is 5. The molecule has 0 saturated heterocycles. The molecule has 254 valence electrons. The summed E-state index contributed by atoms with van der Waals surface area (Å²) in [6.07, 6.45) is 43.1. The molecule has 0 aromatic carbocycles. The normalized spacial score (nSPS) is 12.7. The largest absolute Gasteiger partial charge is 0.462 e. The maximum Gasteiger partial charge on any atom is 0.306 e. The van der Waals surface area contributed by atoms with Crippen LogP contribution in [-0.2, 0) is 19.1 Å². The molecule has 0 radical (unpaired) electrons. The lowest BCUT2D eigenvalue weighted by Crippen LogP contribution is -2.28. The molecule has 0 aromatic heterocycles. The van der Waals surface area contributed by atoms with Gasteiger partial charge in [0.05, 0.1) is 6.61 Å². The molecule has 1 atom stereocenters. The van der Waals surface area contributed by atoms with E-state index in [1.807, 2.05) is 0 Å². The second-order valence-electron chi connectivity index (χ2n) is 11.9. The zero-order chi connectivity index (χ0) is 32.2. The van der Waals surface area contributed by atoms with Crippen molar-refractivity contribution in [3.63, 3.8) is 0 Å². The van der Waals surface area contributed by atoms with Crippen molar-refractivity contribution in [3.05, 3.63) is 48.6 Å². The predicted octanol–water partition coefficient (Wildman–Crippen LogP) is 11.1. The minimum absolute atomic E-state index is 0.0816. The van der Waals surface area contributed by atoms with Crippen LogP contribution in [0.15, 0.2) is 48.6 Å². The van der Waals surface area contributed by atoms with Crippen LogP contribution in [0.5, 0.6) is 0 Å². The summed E-state index contributed by atoms with van der Waals surface area (Å²) in [4.78, 5) is 24.2. The van der Waals surface area contributed by atoms with Crippen LogP contribution in [0, 0.1) is 0 Å². The summed E-state index contributed by atoms with van der Waals surface area (Å²) in [5.41, 5.74) is 0. The number of aliphatic hydroxyl groups is 1. The van der Waals surface area contributed by atoms with Crippen LogP contribution < -0.4 is 0 Å². The first-order valence-corrected chi connectivity index (χ1v) is 18.2. The number of allylic oxidation sites excluding steroid dienone is 8. The molecule has 0 unspecified atom stereocenters. The maximum absolute atomic E-state index is 12.1. The van der Waals surface area contributed by atoms with E-state index in [1.54, 1.807) is 0 Å². The number of rotatable bonds is 32. The molecule has 0 saturated carbocycles. The third kappa shape index (κ3) is 32.8. The van der Waals surface area contributed by atoms with Gasteiger partial charge in [0.2, 0.25) is 0 Å². The Labute approximate surface area is 271 Å². The van der Waals surface area contributed by atoms with Gasteiger partial charge in [0.1, 0.15) is 6.61 Å². The van der Waals surface area contributed by atoms with E-state index >= 15 is 0 Å². The Bertz CT molecular complexity index is 752. The number of carbonyl (C=O) groups is 2. The Morgan fingerprint density at radius 1 is 0.545 bits per heavy atom. The highest BCUT2D eigenvalue weighted by molar-refractivity contribution is 5.70. The van der Waals surface area contributed by atoms with Crippen molar-refractivity contribution in [2.24, 2.45) is 0 Å². The smallest absolute Gasteiger partial charge is 0.306 e. The zero-order valence-corrected chi connectivity index (χ0v) is 28.7. The molecule has 0 aliphatic heterocycles. The van der Waals surface area contributed by atoms with E-state index in [-0.39, 0.29) is 25.2 Å². The molecule has 0 bridgehead atoms. The molecule has 0 aromatic rings. The van der Waals surface area contributed by atoms with Gasteiger partial charge in [-0.1, -0.05) is 152 Å². The zero-order valence-electron chi connectivity index (χ0n) is 28.7. The average molecular weight is 617 g/mol. The Morgan fingerprint density at radius 2 is 0.977 bits per heavy atom. The summed E-state index contributed by atoms with van der Waals surface area (Å²) < 4.78 is 10.5. The van der Waals surface area contributed by atoms with Crippen LogP contribution in [-0.4, -0.2) is 36.4 Å². The molecule has 0 heterocycles. The number of hydrogen-bond donors (Lipinski definition) is 1. The van der Waals surface area contributed by atoms with E-state index in [0.717, 1.165) is 64.2 Å². The molecule has 0 rings (SSSR count). The van der Waals surface area contributed by atoms with Crippen molar-refractivity contribution in [1.29, 1.82) is 0 Å². The number of carbonyl (C=O) groups excluding carboxylic acids is 2. The first kappa shape index (κ1) is 41.9. The second-order valence-corrected chi connectivity index (χ2v) is 11.9. The highest BCUT2D eigenvalue weighted by atomic mass is 16.6. The van der Waals surface area contributed by atoms with Crippen LogP contribution in [0.4, 0.5) is 0 Å². The number of ether oxygens (including phenoxy) is 2. The van der Waals surface area contributed by atoms with Gasteiger partial charge >= 0.3 is 11.9 Å². The van der Waals surface area contributed by atoms with E-state index in [2.05, 4.69) is 62.5 Å². The number of esters is 2. The first-order chi connectivity index (χ1) is 21.6. The summed E-state index contributed by atoms with van der Waals surface area (Å²) in [6.45, 7) is 3.98. The van der Waals surface area contributed by atoms with Crippen LogP contribution in [0.25, 0.3) is 0 Å². The molecule has 5 nitrogen and oxygen atoms in total. The van der Waals surface area contributed by atoms with Crippen LogP contribution in [0.1, 0.15) is 168 Å². The van der Waals surface area contributed by atoms with Crippen molar-refractivity contribution in [3.8, 4) is 0 Å². The first-order valence-electron chi connectivity index (χ1n) is 18.2. The van der Waals surface area contributed by atoms with Crippen molar-refractivity contribution >= 4 is 11.9 Å². The summed E-state index contributed by atoms with van der Waals surface area (Å²) in [6, 6.07) is 0. The maximum atomic E-state index is 12.1. The molecule has 0 spiro atoms. The van der Waals surface area contributed by atoms with E-state index in [0.29, 0.717) is 12.8 Å². The fraction of sp³-hybridized carbons (Fsp3) is 0.744. The fourth-order valence-electron chi connectivity index (χ4n) is 4.90. The molecular weight excluding hydrogens is 548 g/mol. The van der Waals surface area contributed by atoms with Crippen LogP contribution in [0.2, 0.25) is 0 Å². The second kappa shape index (κ2) is 35.3. The van der Waals surface area contributed by atoms with Crippen LogP contribution >= 0.6 is 0 Å². The fourth-order valence-corrected chi connectivity index (χ4v) is 4.90. The van der Waals surface area contributed by atoms with E-state index in [4.69, 9.17) is 9.47 Å². The van der Waals surface area contributed by atoms with Crippen molar-refractivity contribution in [2.45, 2.75) is 174 Å². The lowest BCUT2D eigenvalue weighted by atomic mass is 10.0. The predicted molar refractivity (Wildman–Crippen MR) is 187 cm³/mol. The number of aliphatic hydroxyl groups excluding tert-OH is 1. The van der Waals surface area contributed by atoms with Gasteiger partial charge in [-0.15, -0.1) is 0 Å². The highest BCUT2D eigenvalue weighted by Gasteiger charge is 2.16. The Hall–Kier alpha value is -2.14. The van der Waals surface area contributed by atoms with Gasteiger partial charge in [-0.05, 0) is 51.4 Å². The van der Waals surface area contributed by atoms with Crippen LogP contribution in [0.3, 0.4) is 0 Å².